The Morgan fingerprint density at radius 3 is 2.29 bits per heavy atom. The Bertz CT molecular complexity index is 1200. The fraction of sp³-hybridized carbons (Fsp3) is 0.355. The van der Waals surface area contributed by atoms with Crippen LogP contribution >= 0.6 is 0 Å². The molecule has 4 aromatic rings. The van der Waals surface area contributed by atoms with Crippen molar-refractivity contribution in [1.29, 1.82) is 0 Å². The van der Waals surface area contributed by atoms with Crippen LogP contribution in [0.2, 0.25) is 0 Å². The van der Waals surface area contributed by atoms with Crippen LogP contribution in [0.1, 0.15) is 56.8 Å². The maximum atomic E-state index is 12.6. The molecule has 3 aromatic carbocycles. The minimum atomic E-state index is 0.0519. The van der Waals surface area contributed by atoms with Crippen molar-refractivity contribution in [1.82, 2.24) is 14.9 Å². The van der Waals surface area contributed by atoms with Crippen molar-refractivity contribution in [3.8, 4) is 11.1 Å². The third kappa shape index (κ3) is 7.05. The maximum Gasteiger partial charge on any atom is 0.224 e. The van der Waals surface area contributed by atoms with Gasteiger partial charge in [0.2, 0.25) is 5.91 Å². The minimum absolute atomic E-state index is 0.0519. The predicted molar refractivity (Wildman–Crippen MR) is 145 cm³/mol. The standard InChI is InChI=1S/C31H37N3O/c1-2-3-4-5-6-12-23-34-29-16-11-10-15-28(29)33-30(34)21-22-32-31(35)24-25-17-19-27(20-18-25)26-13-8-7-9-14-26/h7-11,13-20H,2-6,12,21-24H2,1H3,(H,32,35). The van der Waals surface area contributed by atoms with Gasteiger partial charge < -0.3 is 9.88 Å². The van der Waals surface area contributed by atoms with Crippen LogP contribution in [-0.2, 0) is 24.2 Å². The number of para-hydroxylation sites is 2. The van der Waals surface area contributed by atoms with Gasteiger partial charge in [0.05, 0.1) is 17.5 Å². The zero-order chi connectivity index (χ0) is 24.3. The summed E-state index contributed by atoms with van der Waals surface area (Å²) in [5.74, 6) is 1.11. The molecule has 0 aliphatic heterocycles. The molecule has 4 heteroatoms. The topological polar surface area (TPSA) is 46.9 Å². The van der Waals surface area contributed by atoms with E-state index in [9.17, 15) is 4.79 Å². The second-order valence-electron chi connectivity index (χ2n) is 9.28. The summed E-state index contributed by atoms with van der Waals surface area (Å²) < 4.78 is 2.35. The van der Waals surface area contributed by atoms with Gasteiger partial charge in [-0.05, 0) is 35.2 Å². The first-order valence-corrected chi connectivity index (χ1v) is 13.1. The lowest BCUT2D eigenvalue weighted by molar-refractivity contribution is -0.120. The molecule has 0 saturated carbocycles. The van der Waals surface area contributed by atoms with Gasteiger partial charge in [-0.25, -0.2) is 4.98 Å². The lowest BCUT2D eigenvalue weighted by Gasteiger charge is -2.10. The Labute approximate surface area is 209 Å². The van der Waals surface area contributed by atoms with Gasteiger partial charge in [0.15, 0.2) is 0 Å². The fourth-order valence-electron chi connectivity index (χ4n) is 4.62. The van der Waals surface area contributed by atoms with Crippen LogP contribution in [-0.4, -0.2) is 22.0 Å². The molecule has 0 bridgehead atoms. The molecule has 0 radical (unpaired) electrons. The first kappa shape index (κ1) is 24.7. The first-order valence-electron chi connectivity index (χ1n) is 13.1. The van der Waals surface area contributed by atoms with Crippen molar-refractivity contribution in [2.24, 2.45) is 0 Å². The molecule has 0 saturated heterocycles. The van der Waals surface area contributed by atoms with Crippen molar-refractivity contribution >= 4 is 16.9 Å². The van der Waals surface area contributed by atoms with Gasteiger partial charge in [0.1, 0.15) is 5.82 Å². The average molecular weight is 468 g/mol. The number of imidazole rings is 1. The van der Waals surface area contributed by atoms with Gasteiger partial charge in [-0.1, -0.05) is 106 Å². The number of rotatable bonds is 13. The summed E-state index contributed by atoms with van der Waals surface area (Å²) in [6.45, 7) is 3.84. The van der Waals surface area contributed by atoms with E-state index in [2.05, 4.69) is 59.3 Å². The van der Waals surface area contributed by atoms with E-state index in [0.29, 0.717) is 13.0 Å². The highest BCUT2D eigenvalue weighted by molar-refractivity contribution is 5.79. The molecule has 1 N–H and O–H groups in total. The zero-order valence-electron chi connectivity index (χ0n) is 20.9. The molecule has 1 amide bonds. The summed E-state index contributed by atoms with van der Waals surface area (Å²) in [6, 6.07) is 26.9. The van der Waals surface area contributed by atoms with E-state index in [1.165, 1.54) is 55.2 Å². The zero-order valence-corrected chi connectivity index (χ0v) is 20.9. The second kappa shape index (κ2) is 12.9. The number of carbonyl (C=O) groups excluding carboxylic acids is 1. The number of nitrogens with zero attached hydrogens (tertiary/aromatic N) is 2. The third-order valence-electron chi connectivity index (χ3n) is 6.57. The maximum absolute atomic E-state index is 12.6. The number of hydrogen-bond acceptors (Lipinski definition) is 2. The molecule has 35 heavy (non-hydrogen) atoms. The monoisotopic (exact) mass is 467 g/mol. The number of aryl methyl sites for hydroxylation is 1. The lowest BCUT2D eigenvalue weighted by atomic mass is 10.0. The van der Waals surface area contributed by atoms with Crippen LogP contribution in [0.3, 0.4) is 0 Å². The number of nitrogens with one attached hydrogen (secondary N) is 1. The van der Waals surface area contributed by atoms with Crippen LogP contribution in [0.5, 0.6) is 0 Å². The lowest BCUT2D eigenvalue weighted by Crippen LogP contribution is -2.28. The molecular weight excluding hydrogens is 430 g/mol. The molecule has 0 spiro atoms. The Morgan fingerprint density at radius 1 is 0.800 bits per heavy atom. The fourth-order valence-corrected chi connectivity index (χ4v) is 4.62. The number of carbonyl (C=O) groups is 1. The Balaban J connectivity index is 1.29. The highest BCUT2D eigenvalue weighted by atomic mass is 16.1. The summed E-state index contributed by atoms with van der Waals surface area (Å²) in [5.41, 5.74) is 5.61. The highest BCUT2D eigenvalue weighted by Crippen LogP contribution is 2.20. The summed E-state index contributed by atoms with van der Waals surface area (Å²) >= 11 is 0. The summed E-state index contributed by atoms with van der Waals surface area (Å²) in [5, 5.41) is 3.10. The van der Waals surface area contributed by atoms with Gasteiger partial charge in [-0.3, -0.25) is 4.79 Å². The van der Waals surface area contributed by atoms with Gasteiger partial charge >= 0.3 is 0 Å². The minimum Gasteiger partial charge on any atom is -0.355 e. The van der Waals surface area contributed by atoms with E-state index in [1.807, 2.05) is 36.4 Å². The molecule has 0 fully saturated rings. The molecule has 0 aliphatic carbocycles. The van der Waals surface area contributed by atoms with Gasteiger partial charge in [-0.2, -0.15) is 0 Å². The van der Waals surface area contributed by atoms with Crippen molar-refractivity contribution in [2.45, 2.75) is 64.8 Å². The smallest absolute Gasteiger partial charge is 0.224 e. The van der Waals surface area contributed by atoms with E-state index < -0.39 is 0 Å². The number of benzene rings is 3. The van der Waals surface area contributed by atoms with Gasteiger partial charge in [0.25, 0.3) is 0 Å². The number of hydrogen-bond donors (Lipinski definition) is 1. The molecular formula is C31H37N3O. The summed E-state index contributed by atoms with van der Waals surface area (Å²) in [6.07, 6.45) is 8.80. The number of unbranched alkanes of at least 4 members (excludes halogenated alkanes) is 5. The molecule has 0 aliphatic rings. The largest absolute Gasteiger partial charge is 0.355 e. The average Bonchev–Trinajstić information content (AvgIpc) is 3.24. The summed E-state index contributed by atoms with van der Waals surface area (Å²) in [7, 11) is 0. The van der Waals surface area contributed by atoms with Crippen LogP contribution < -0.4 is 5.32 Å². The van der Waals surface area contributed by atoms with Crippen LogP contribution in [0.15, 0.2) is 78.9 Å². The Morgan fingerprint density at radius 2 is 1.49 bits per heavy atom. The van der Waals surface area contributed by atoms with Crippen LogP contribution in [0.4, 0.5) is 0 Å². The number of aromatic nitrogens is 2. The number of fused-ring (bicyclic) bond motifs is 1. The second-order valence-corrected chi connectivity index (χ2v) is 9.28. The highest BCUT2D eigenvalue weighted by Gasteiger charge is 2.11. The van der Waals surface area contributed by atoms with E-state index in [0.717, 1.165) is 29.9 Å². The van der Waals surface area contributed by atoms with E-state index in [-0.39, 0.29) is 5.91 Å². The van der Waals surface area contributed by atoms with Crippen LogP contribution in [0, 0.1) is 0 Å². The molecule has 0 atom stereocenters. The molecule has 1 aromatic heterocycles. The molecule has 182 valence electrons. The van der Waals surface area contributed by atoms with E-state index in [4.69, 9.17) is 4.98 Å². The van der Waals surface area contributed by atoms with Crippen molar-refractivity contribution in [3.63, 3.8) is 0 Å². The summed E-state index contributed by atoms with van der Waals surface area (Å²) in [4.78, 5) is 17.4. The molecule has 0 unspecified atom stereocenters. The Hall–Kier alpha value is -3.40. The quantitative estimate of drug-likeness (QED) is 0.216. The van der Waals surface area contributed by atoms with Gasteiger partial charge in [-0.15, -0.1) is 0 Å². The third-order valence-corrected chi connectivity index (χ3v) is 6.57. The SMILES string of the molecule is CCCCCCCCn1c(CCNC(=O)Cc2ccc(-c3ccccc3)cc2)nc2ccccc21. The van der Waals surface area contributed by atoms with Crippen molar-refractivity contribution < 1.29 is 4.79 Å². The first-order chi connectivity index (χ1) is 17.2. The molecule has 1 heterocycles. The Kier molecular flexibility index (Phi) is 9.11. The van der Waals surface area contributed by atoms with Crippen LogP contribution in [0.25, 0.3) is 22.2 Å². The van der Waals surface area contributed by atoms with E-state index in [1.54, 1.807) is 0 Å². The van der Waals surface area contributed by atoms with Crippen molar-refractivity contribution in [3.05, 3.63) is 90.3 Å². The van der Waals surface area contributed by atoms with Crippen molar-refractivity contribution in [2.75, 3.05) is 6.54 Å². The molecule has 4 nitrogen and oxygen atoms in total. The predicted octanol–water partition coefficient (Wildman–Crippen LogP) is 6.97. The van der Waals surface area contributed by atoms with Gasteiger partial charge in [0, 0.05) is 19.5 Å². The normalized spacial score (nSPS) is 11.1. The molecule has 4 rings (SSSR count). The number of amides is 1. The van der Waals surface area contributed by atoms with E-state index >= 15 is 0 Å².